The molecule has 1 unspecified atom stereocenters. The highest BCUT2D eigenvalue weighted by molar-refractivity contribution is 6.05. The minimum absolute atomic E-state index is 0.157. The number of hydrogen-bond donors (Lipinski definition) is 3. The van der Waals surface area contributed by atoms with Crippen LogP contribution in [0.15, 0.2) is 42.5 Å². The molecule has 2 aliphatic rings. The van der Waals surface area contributed by atoms with E-state index < -0.39 is 11.9 Å². The summed E-state index contributed by atoms with van der Waals surface area (Å²) in [7, 11) is 1.88. The van der Waals surface area contributed by atoms with E-state index >= 15 is 0 Å². The number of fused-ring (bicyclic) bond motifs is 1. The standard InChI is InChI=1S/C23H26N4O4/c1-24-9-10-31-18-4-2-3-17(12-18)25-13-15-5-6-19-16(11-15)14-27(23(19)30)20-7-8-21(28)26-22(20)29/h2-6,11-12,20,24-25H,7-10,13-14H2,1H3,(H,26,28,29). The zero-order valence-electron chi connectivity index (χ0n) is 17.4. The number of rotatable bonds is 8. The van der Waals surface area contributed by atoms with E-state index in [4.69, 9.17) is 4.74 Å². The van der Waals surface area contributed by atoms with Gasteiger partial charge in [0.05, 0.1) is 0 Å². The van der Waals surface area contributed by atoms with E-state index in [-0.39, 0.29) is 18.2 Å². The van der Waals surface area contributed by atoms with Crippen molar-refractivity contribution in [2.24, 2.45) is 0 Å². The van der Waals surface area contributed by atoms with Crippen LogP contribution in [0.5, 0.6) is 5.75 Å². The predicted molar refractivity (Wildman–Crippen MR) is 116 cm³/mol. The maximum absolute atomic E-state index is 12.8. The molecule has 0 spiro atoms. The zero-order valence-corrected chi connectivity index (χ0v) is 17.4. The molecule has 0 saturated carbocycles. The largest absolute Gasteiger partial charge is 0.492 e. The molecule has 2 aliphatic heterocycles. The number of anilines is 1. The van der Waals surface area contributed by atoms with Crippen LogP contribution in [0.25, 0.3) is 0 Å². The van der Waals surface area contributed by atoms with Gasteiger partial charge < -0.3 is 20.3 Å². The molecule has 1 fully saturated rings. The molecule has 0 bridgehead atoms. The van der Waals surface area contributed by atoms with Crippen molar-refractivity contribution in [2.75, 3.05) is 25.5 Å². The third kappa shape index (κ3) is 4.69. The number of ether oxygens (including phenoxy) is 1. The number of nitrogens with one attached hydrogen (secondary N) is 3. The van der Waals surface area contributed by atoms with Crippen LogP contribution in [0.4, 0.5) is 5.69 Å². The molecular formula is C23H26N4O4. The average Bonchev–Trinajstić information content (AvgIpc) is 3.08. The van der Waals surface area contributed by atoms with Gasteiger partial charge in [-0.25, -0.2) is 0 Å². The second kappa shape index (κ2) is 9.18. The van der Waals surface area contributed by atoms with Gasteiger partial charge in [-0.05, 0) is 42.8 Å². The molecule has 162 valence electrons. The number of nitrogens with zero attached hydrogens (tertiary/aromatic N) is 1. The van der Waals surface area contributed by atoms with Crippen molar-refractivity contribution in [3.05, 3.63) is 59.2 Å². The molecule has 3 N–H and O–H groups in total. The molecule has 0 aromatic heterocycles. The number of likely N-dealkylation sites (N-methyl/N-ethyl adjacent to an activating group) is 1. The van der Waals surface area contributed by atoms with Gasteiger partial charge in [0, 0.05) is 43.4 Å². The van der Waals surface area contributed by atoms with Gasteiger partial charge in [-0.2, -0.15) is 0 Å². The molecule has 8 heteroatoms. The van der Waals surface area contributed by atoms with Gasteiger partial charge >= 0.3 is 0 Å². The summed E-state index contributed by atoms with van der Waals surface area (Å²) in [5.74, 6) is -0.0264. The number of piperidine rings is 1. The summed E-state index contributed by atoms with van der Waals surface area (Å²) < 4.78 is 5.70. The first-order chi connectivity index (χ1) is 15.0. The Kier molecular flexibility index (Phi) is 6.18. The molecule has 4 rings (SSSR count). The minimum Gasteiger partial charge on any atom is -0.492 e. The highest BCUT2D eigenvalue weighted by Crippen LogP contribution is 2.28. The third-order valence-electron chi connectivity index (χ3n) is 5.54. The van der Waals surface area contributed by atoms with Crippen LogP contribution in [-0.2, 0) is 22.7 Å². The van der Waals surface area contributed by atoms with Gasteiger partial charge in [0.25, 0.3) is 5.91 Å². The molecule has 2 heterocycles. The Morgan fingerprint density at radius 3 is 2.84 bits per heavy atom. The van der Waals surface area contributed by atoms with Crippen LogP contribution in [0.2, 0.25) is 0 Å². The molecule has 8 nitrogen and oxygen atoms in total. The van der Waals surface area contributed by atoms with Crippen molar-refractivity contribution in [3.63, 3.8) is 0 Å². The lowest BCUT2D eigenvalue weighted by Crippen LogP contribution is -2.52. The van der Waals surface area contributed by atoms with Crippen LogP contribution < -0.4 is 20.7 Å². The fourth-order valence-corrected chi connectivity index (χ4v) is 3.91. The van der Waals surface area contributed by atoms with Gasteiger partial charge in [0.1, 0.15) is 18.4 Å². The van der Waals surface area contributed by atoms with E-state index in [0.29, 0.717) is 31.7 Å². The monoisotopic (exact) mass is 422 g/mol. The molecule has 0 radical (unpaired) electrons. The minimum atomic E-state index is -0.593. The molecule has 2 aromatic rings. The molecular weight excluding hydrogens is 396 g/mol. The lowest BCUT2D eigenvalue weighted by Gasteiger charge is -2.29. The number of hydrogen-bond acceptors (Lipinski definition) is 6. The van der Waals surface area contributed by atoms with Gasteiger partial charge in [-0.1, -0.05) is 18.2 Å². The molecule has 1 atom stereocenters. The van der Waals surface area contributed by atoms with Gasteiger partial charge in [-0.15, -0.1) is 0 Å². The first-order valence-corrected chi connectivity index (χ1v) is 10.4. The fourth-order valence-electron chi connectivity index (χ4n) is 3.91. The van der Waals surface area contributed by atoms with Crippen molar-refractivity contribution in [2.45, 2.75) is 32.0 Å². The van der Waals surface area contributed by atoms with Crippen LogP contribution in [0, 0.1) is 0 Å². The summed E-state index contributed by atoms with van der Waals surface area (Å²) in [6.07, 6.45) is 0.620. The van der Waals surface area contributed by atoms with E-state index in [1.165, 1.54) is 0 Å². The van der Waals surface area contributed by atoms with E-state index in [1.54, 1.807) is 4.90 Å². The maximum atomic E-state index is 12.8. The number of amides is 3. The second-order valence-electron chi connectivity index (χ2n) is 7.72. The molecule has 31 heavy (non-hydrogen) atoms. The van der Waals surface area contributed by atoms with Crippen LogP contribution >= 0.6 is 0 Å². The number of carbonyl (C=O) groups excluding carboxylic acids is 3. The summed E-state index contributed by atoms with van der Waals surface area (Å²) in [5, 5.41) is 8.76. The Morgan fingerprint density at radius 2 is 2.03 bits per heavy atom. The maximum Gasteiger partial charge on any atom is 0.255 e. The zero-order chi connectivity index (χ0) is 21.8. The molecule has 0 aliphatic carbocycles. The summed E-state index contributed by atoms with van der Waals surface area (Å²) in [4.78, 5) is 37.9. The highest BCUT2D eigenvalue weighted by Gasteiger charge is 2.38. The van der Waals surface area contributed by atoms with Gasteiger partial charge in [-0.3, -0.25) is 19.7 Å². The predicted octanol–water partition coefficient (Wildman–Crippen LogP) is 1.66. The first-order valence-electron chi connectivity index (χ1n) is 10.4. The summed E-state index contributed by atoms with van der Waals surface area (Å²) >= 11 is 0. The van der Waals surface area contributed by atoms with Gasteiger partial charge in [0.15, 0.2) is 0 Å². The highest BCUT2D eigenvalue weighted by atomic mass is 16.5. The van der Waals surface area contributed by atoms with Gasteiger partial charge in [0.2, 0.25) is 11.8 Å². The van der Waals surface area contributed by atoms with E-state index in [1.807, 2.05) is 49.5 Å². The van der Waals surface area contributed by atoms with Crippen LogP contribution in [-0.4, -0.2) is 48.9 Å². The summed E-state index contributed by atoms with van der Waals surface area (Å²) in [6, 6.07) is 12.9. The Morgan fingerprint density at radius 1 is 1.16 bits per heavy atom. The van der Waals surface area contributed by atoms with Crippen molar-refractivity contribution in [1.29, 1.82) is 0 Å². The topological polar surface area (TPSA) is 99.8 Å². The molecule has 1 saturated heterocycles. The first kappa shape index (κ1) is 20.9. The quantitative estimate of drug-likeness (QED) is 0.442. The SMILES string of the molecule is CNCCOc1cccc(NCc2ccc3c(c2)CN(C2CCC(=O)NC2=O)C3=O)c1. The lowest BCUT2D eigenvalue weighted by atomic mass is 10.0. The second-order valence-corrected chi connectivity index (χ2v) is 7.72. The van der Waals surface area contributed by atoms with Crippen molar-refractivity contribution >= 4 is 23.4 Å². The number of imide groups is 1. The van der Waals surface area contributed by atoms with E-state index in [9.17, 15) is 14.4 Å². The number of benzene rings is 2. The summed E-state index contributed by atoms with van der Waals surface area (Å²) in [5.41, 5.74) is 3.51. The molecule has 3 amide bonds. The summed E-state index contributed by atoms with van der Waals surface area (Å²) in [6.45, 7) is 2.35. The Hall–Kier alpha value is -3.39. The smallest absolute Gasteiger partial charge is 0.255 e. The molecule has 2 aromatic carbocycles. The third-order valence-corrected chi connectivity index (χ3v) is 5.54. The van der Waals surface area contributed by atoms with Crippen molar-refractivity contribution < 1.29 is 19.1 Å². The van der Waals surface area contributed by atoms with Crippen LogP contribution in [0.1, 0.15) is 34.3 Å². The van der Waals surface area contributed by atoms with E-state index in [0.717, 1.165) is 29.1 Å². The number of carbonyl (C=O) groups is 3. The lowest BCUT2D eigenvalue weighted by molar-refractivity contribution is -0.136. The Balaban J connectivity index is 1.39. The normalized spacial score (nSPS) is 18.0. The average molecular weight is 422 g/mol. The Bertz CT molecular complexity index is 1010. The Labute approximate surface area is 180 Å². The van der Waals surface area contributed by atoms with Crippen molar-refractivity contribution in [3.8, 4) is 5.75 Å². The van der Waals surface area contributed by atoms with E-state index in [2.05, 4.69) is 16.0 Å². The fraction of sp³-hybridized carbons (Fsp3) is 0.348. The van der Waals surface area contributed by atoms with Crippen LogP contribution in [0.3, 0.4) is 0 Å². The van der Waals surface area contributed by atoms with Crippen molar-refractivity contribution in [1.82, 2.24) is 15.5 Å².